The van der Waals surface area contributed by atoms with Gasteiger partial charge in [0.2, 0.25) is 0 Å². The Morgan fingerprint density at radius 3 is 2.87 bits per heavy atom. The van der Waals surface area contributed by atoms with E-state index >= 15 is 0 Å². The van der Waals surface area contributed by atoms with Gasteiger partial charge in [0.25, 0.3) is 0 Å². The molecule has 23 heavy (non-hydrogen) atoms. The van der Waals surface area contributed by atoms with E-state index in [1.54, 1.807) is 6.08 Å². The molecule has 1 heterocycles. The van der Waals surface area contributed by atoms with Crippen molar-refractivity contribution in [1.82, 2.24) is 10.3 Å². The number of nitrogens with one attached hydrogen (secondary N) is 2. The highest BCUT2D eigenvalue weighted by atomic mass is 16.6. The van der Waals surface area contributed by atoms with E-state index in [0.717, 1.165) is 22.2 Å². The third kappa shape index (κ3) is 5.06. The Kier molecular flexibility index (Phi) is 5.32. The largest absolute Gasteiger partial charge is 0.490 e. The summed E-state index contributed by atoms with van der Waals surface area (Å²) in [5.41, 5.74) is 1.69. The average molecular weight is 316 g/mol. The lowest BCUT2D eigenvalue weighted by Crippen LogP contribution is -2.33. The fourth-order valence-corrected chi connectivity index (χ4v) is 2.22. The van der Waals surface area contributed by atoms with Crippen LogP contribution in [0.5, 0.6) is 5.75 Å². The summed E-state index contributed by atoms with van der Waals surface area (Å²) in [4.78, 5) is 14.9. The molecular formula is C18H24N2O3. The summed E-state index contributed by atoms with van der Waals surface area (Å²) in [6.45, 7) is 10.2. The van der Waals surface area contributed by atoms with E-state index in [4.69, 9.17) is 9.47 Å². The van der Waals surface area contributed by atoms with Crippen molar-refractivity contribution in [1.29, 1.82) is 0 Å². The number of aromatic amines is 1. The van der Waals surface area contributed by atoms with Gasteiger partial charge in [-0.05, 0) is 51.0 Å². The van der Waals surface area contributed by atoms with Crippen LogP contribution in [0.25, 0.3) is 10.9 Å². The van der Waals surface area contributed by atoms with E-state index in [-0.39, 0.29) is 0 Å². The van der Waals surface area contributed by atoms with Crippen molar-refractivity contribution in [3.8, 4) is 5.75 Å². The molecule has 0 radical (unpaired) electrons. The normalized spacial score (nSPS) is 11.3. The number of fused-ring (bicyclic) bond motifs is 1. The lowest BCUT2D eigenvalue weighted by Gasteiger charge is -2.19. The summed E-state index contributed by atoms with van der Waals surface area (Å²) in [5, 5.41) is 3.87. The van der Waals surface area contributed by atoms with Crippen LogP contribution in [0.1, 0.15) is 26.3 Å². The second-order valence-corrected chi connectivity index (χ2v) is 6.30. The van der Waals surface area contributed by atoms with Crippen LogP contribution < -0.4 is 10.1 Å². The molecule has 2 N–H and O–H groups in total. The summed E-state index contributed by atoms with van der Waals surface area (Å²) in [6.07, 6.45) is 3.99. The Labute approximate surface area is 136 Å². The molecular weight excluding hydrogens is 292 g/mol. The third-order valence-corrected chi connectivity index (χ3v) is 3.17. The van der Waals surface area contributed by atoms with Crippen LogP contribution in [-0.4, -0.2) is 29.8 Å². The summed E-state index contributed by atoms with van der Waals surface area (Å²) in [7, 11) is 0. The van der Waals surface area contributed by atoms with Gasteiger partial charge in [-0.1, -0.05) is 12.7 Å². The molecule has 2 rings (SSSR count). The number of carbonyl (C=O) groups excluding carboxylic acids is 1. The van der Waals surface area contributed by atoms with Gasteiger partial charge < -0.3 is 19.8 Å². The number of aromatic nitrogens is 1. The number of alkyl carbamates (subject to hydrolysis) is 1. The first-order chi connectivity index (χ1) is 10.9. The number of carbonyl (C=O) groups is 1. The van der Waals surface area contributed by atoms with Crippen LogP contribution in [0, 0.1) is 0 Å². The molecule has 0 aliphatic heterocycles. The van der Waals surface area contributed by atoms with E-state index in [9.17, 15) is 4.79 Å². The SMILES string of the molecule is C=CCOc1ccc2[nH]cc(CCNC(=O)OC(C)(C)C)c2c1. The summed E-state index contributed by atoms with van der Waals surface area (Å²) >= 11 is 0. The molecule has 124 valence electrons. The Morgan fingerprint density at radius 1 is 1.39 bits per heavy atom. The van der Waals surface area contributed by atoms with Crippen molar-refractivity contribution in [2.45, 2.75) is 32.8 Å². The number of hydrogen-bond donors (Lipinski definition) is 2. The molecule has 0 aliphatic carbocycles. The van der Waals surface area contributed by atoms with Gasteiger partial charge in [0.1, 0.15) is 18.0 Å². The molecule has 5 heteroatoms. The van der Waals surface area contributed by atoms with Gasteiger partial charge in [-0.25, -0.2) is 4.79 Å². The van der Waals surface area contributed by atoms with Crippen LogP contribution in [-0.2, 0) is 11.2 Å². The van der Waals surface area contributed by atoms with Crippen molar-refractivity contribution in [2.75, 3.05) is 13.2 Å². The fraction of sp³-hybridized carbons (Fsp3) is 0.389. The predicted molar refractivity (Wildman–Crippen MR) is 91.9 cm³/mol. The molecule has 1 aromatic heterocycles. The molecule has 0 saturated heterocycles. The molecule has 0 aliphatic rings. The predicted octanol–water partition coefficient (Wildman–Crippen LogP) is 3.80. The minimum Gasteiger partial charge on any atom is -0.490 e. The zero-order valence-corrected chi connectivity index (χ0v) is 13.9. The minimum atomic E-state index is -0.484. The summed E-state index contributed by atoms with van der Waals surface area (Å²) < 4.78 is 10.8. The molecule has 0 saturated carbocycles. The Balaban J connectivity index is 1.97. The first kappa shape index (κ1) is 16.9. The van der Waals surface area contributed by atoms with Gasteiger partial charge in [-0.2, -0.15) is 0 Å². The highest BCUT2D eigenvalue weighted by Gasteiger charge is 2.15. The maximum absolute atomic E-state index is 11.7. The zero-order chi connectivity index (χ0) is 16.9. The van der Waals surface area contributed by atoms with Gasteiger partial charge >= 0.3 is 6.09 Å². The number of hydrogen-bond acceptors (Lipinski definition) is 3. The molecule has 5 nitrogen and oxygen atoms in total. The Hall–Kier alpha value is -2.43. The molecule has 0 bridgehead atoms. The van der Waals surface area contributed by atoms with E-state index in [1.807, 2.05) is 45.2 Å². The fourth-order valence-electron chi connectivity index (χ4n) is 2.22. The van der Waals surface area contributed by atoms with Gasteiger partial charge in [0.05, 0.1) is 0 Å². The summed E-state index contributed by atoms with van der Waals surface area (Å²) in [6, 6.07) is 5.90. The van der Waals surface area contributed by atoms with E-state index < -0.39 is 11.7 Å². The van der Waals surface area contributed by atoms with Crippen LogP contribution in [0.15, 0.2) is 37.1 Å². The number of H-pyrrole nitrogens is 1. The van der Waals surface area contributed by atoms with Crippen molar-refractivity contribution in [3.05, 3.63) is 42.6 Å². The molecule has 0 atom stereocenters. The Bertz CT molecular complexity index is 683. The van der Waals surface area contributed by atoms with Crippen LogP contribution >= 0.6 is 0 Å². The first-order valence-electron chi connectivity index (χ1n) is 7.69. The minimum absolute atomic E-state index is 0.396. The quantitative estimate of drug-likeness (QED) is 0.797. The lowest BCUT2D eigenvalue weighted by atomic mass is 10.1. The van der Waals surface area contributed by atoms with Gasteiger partial charge in [-0.3, -0.25) is 0 Å². The van der Waals surface area contributed by atoms with Crippen molar-refractivity contribution >= 4 is 17.0 Å². The van der Waals surface area contributed by atoms with Gasteiger partial charge in [-0.15, -0.1) is 0 Å². The van der Waals surface area contributed by atoms with E-state index in [2.05, 4.69) is 16.9 Å². The standard InChI is InChI=1S/C18H24N2O3/c1-5-10-22-14-6-7-16-15(11-14)13(12-20-16)8-9-19-17(21)23-18(2,3)4/h5-7,11-12,20H,1,8-10H2,2-4H3,(H,19,21). The zero-order valence-electron chi connectivity index (χ0n) is 13.9. The van der Waals surface area contributed by atoms with Crippen molar-refractivity contribution in [2.24, 2.45) is 0 Å². The summed E-state index contributed by atoms with van der Waals surface area (Å²) in [5.74, 6) is 0.804. The number of amides is 1. The second kappa shape index (κ2) is 7.22. The lowest BCUT2D eigenvalue weighted by molar-refractivity contribution is 0.0528. The highest BCUT2D eigenvalue weighted by Crippen LogP contribution is 2.24. The van der Waals surface area contributed by atoms with Gasteiger partial charge in [0, 0.05) is 23.6 Å². The van der Waals surface area contributed by atoms with Crippen LogP contribution in [0.3, 0.4) is 0 Å². The monoisotopic (exact) mass is 316 g/mol. The maximum Gasteiger partial charge on any atom is 0.407 e. The number of ether oxygens (including phenoxy) is 2. The first-order valence-corrected chi connectivity index (χ1v) is 7.69. The molecule has 1 amide bonds. The topological polar surface area (TPSA) is 63.3 Å². The molecule has 0 fully saturated rings. The maximum atomic E-state index is 11.7. The molecule has 2 aromatic rings. The molecule has 0 unspecified atom stereocenters. The highest BCUT2D eigenvalue weighted by molar-refractivity contribution is 5.84. The van der Waals surface area contributed by atoms with Gasteiger partial charge in [0.15, 0.2) is 0 Å². The molecule has 1 aromatic carbocycles. The molecule has 0 spiro atoms. The average Bonchev–Trinajstić information content (AvgIpc) is 2.86. The number of benzene rings is 1. The van der Waals surface area contributed by atoms with E-state index in [1.165, 1.54) is 0 Å². The smallest absolute Gasteiger partial charge is 0.407 e. The third-order valence-electron chi connectivity index (χ3n) is 3.17. The van der Waals surface area contributed by atoms with E-state index in [0.29, 0.717) is 19.6 Å². The second-order valence-electron chi connectivity index (χ2n) is 6.30. The van der Waals surface area contributed by atoms with Crippen molar-refractivity contribution < 1.29 is 14.3 Å². The van der Waals surface area contributed by atoms with Crippen LogP contribution in [0.2, 0.25) is 0 Å². The van der Waals surface area contributed by atoms with Crippen LogP contribution in [0.4, 0.5) is 4.79 Å². The number of rotatable bonds is 6. The van der Waals surface area contributed by atoms with Crippen molar-refractivity contribution in [3.63, 3.8) is 0 Å². The Morgan fingerprint density at radius 2 is 2.17 bits per heavy atom.